The Kier molecular flexibility index (Phi) is 7.11. The van der Waals surface area contributed by atoms with Gasteiger partial charge in [0.15, 0.2) is 6.61 Å². The Morgan fingerprint density at radius 3 is 2.57 bits per heavy atom. The maximum absolute atomic E-state index is 11.7. The molecule has 1 aliphatic rings. The first-order valence-corrected chi connectivity index (χ1v) is 9.61. The molecular formula is C16H21NO4S2. The van der Waals surface area contributed by atoms with Crippen molar-refractivity contribution < 1.29 is 19.4 Å². The van der Waals surface area contributed by atoms with Crippen LogP contribution in [-0.4, -0.2) is 41.1 Å². The van der Waals surface area contributed by atoms with Crippen molar-refractivity contribution in [2.24, 2.45) is 0 Å². The minimum absolute atomic E-state index is 0.100. The smallest absolute Gasteiger partial charge is 0.305 e. The molecule has 1 atom stereocenters. The predicted octanol–water partition coefficient (Wildman–Crippen LogP) is 2.91. The minimum atomic E-state index is -0.937. The maximum Gasteiger partial charge on any atom is 0.305 e. The molecular weight excluding hydrogens is 334 g/mol. The zero-order valence-corrected chi connectivity index (χ0v) is 14.6. The molecule has 7 heteroatoms. The van der Waals surface area contributed by atoms with Crippen molar-refractivity contribution in [1.29, 1.82) is 0 Å². The van der Waals surface area contributed by atoms with Crippen LogP contribution in [0.5, 0.6) is 5.75 Å². The van der Waals surface area contributed by atoms with Gasteiger partial charge in [-0.1, -0.05) is 12.1 Å². The quantitative estimate of drug-likeness (QED) is 0.783. The molecule has 0 aliphatic carbocycles. The highest BCUT2D eigenvalue weighted by molar-refractivity contribution is 8.16. The number of aliphatic carboxylic acids is 1. The monoisotopic (exact) mass is 355 g/mol. The second kappa shape index (κ2) is 9.08. The average Bonchev–Trinajstić information content (AvgIpc) is 2.53. The molecule has 5 nitrogen and oxygen atoms in total. The van der Waals surface area contributed by atoms with Gasteiger partial charge in [0, 0.05) is 6.04 Å². The van der Waals surface area contributed by atoms with Gasteiger partial charge in [-0.05, 0) is 42.5 Å². The third kappa shape index (κ3) is 6.35. The summed E-state index contributed by atoms with van der Waals surface area (Å²) in [7, 11) is 0. The number of thioether (sulfide) groups is 2. The summed E-state index contributed by atoms with van der Waals surface area (Å²) >= 11 is 3.92. The number of benzene rings is 1. The van der Waals surface area contributed by atoms with Crippen molar-refractivity contribution in [2.75, 3.05) is 18.1 Å². The minimum Gasteiger partial charge on any atom is -0.484 e. The Labute approximate surface area is 144 Å². The van der Waals surface area contributed by atoms with E-state index >= 15 is 0 Å². The molecule has 1 aliphatic heterocycles. The van der Waals surface area contributed by atoms with Gasteiger partial charge in [-0.2, -0.15) is 0 Å². The second-order valence-corrected chi connectivity index (χ2v) is 8.08. The van der Waals surface area contributed by atoms with E-state index < -0.39 is 12.0 Å². The van der Waals surface area contributed by atoms with Crippen LogP contribution in [0.3, 0.4) is 0 Å². The molecule has 0 spiro atoms. The summed E-state index contributed by atoms with van der Waals surface area (Å²) < 4.78 is 5.93. The number of amides is 1. The van der Waals surface area contributed by atoms with Crippen molar-refractivity contribution in [2.45, 2.75) is 30.4 Å². The van der Waals surface area contributed by atoms with Crippen molar-refractivity contribution >= 4 is 35.4 Å². The van der Waals surface area contributed by atoms with E-state index in [4.69, 9.17) is 9.84 Å². The Morgan fingerprint density at radius 1 is 1.30 bits per heavy atom. The number of nitrogens with one attached hydrogen (secondary N) is 1. The molecule has 2 N–H and O–H groups in total. The SMILES string of the molecule is CC(CC(=O)O)NC(=O)COc1ccc(C2SCCCS2)cc1. The highest BCUT2D eigenvalue weighted by atomic mass is 32.2. The Morgan fingerprint density at radius 2 is 1.96 bits per heavy atom. The van der Waals surface area contributed by atoms with Gasteiger partial charge in [0.1, 0.15) is 5.75 Å². The molecule has 1 amide bonds. The fraction of sp³-hybridized carbons (Fsp3) is 0.500. The van der Waals surface area contributed by atoms with Gasteiger partial charge in [0.2, 0.25) is 0 Å². The average molecular weight is 355 g/mol. The molecule has 126 valence electrons. The van der Waals surface area contributed by atoms with Crippen LogP contribution >= 0.6 is 23.5 Å². The summed E-state index contributed by atoms with van der Waals surface area (Å²) in [6, 6.07) is 7.41. The van der Waals surface area contributed by atoms with E-state index in [0.717, 1.165) is 0 Å². The highest BCUT2D eigenvalue weighted by Crippen LogP contribution is 2.43. The van der Waals surface area contributed by atoms with Gasteiger partial charge >= 0.3 is 5.97 Å². The summed E-state index contributed by atoms with van der Waals surface area (Å²) in [5, 5.41) is 11.2. The number of carbonyl (C=O) groups is 2. The van der Waals surface area contributed by atoms with Crippen LogP contribution in [0.25, 0.3) is 0 Å². The third-order valence-electron chi connectivity index (χ3n) is 3.24. The number of ether oxygens (including phenoxy) is 1. The van der Waals surface area contributed by atoms with E-state index in [2.05, 4.69) is 5.32 Å². The molecule has 0 radical (unpaired) electrons. The highest BCUT2D eigenvalue weighted by Gasteiger charge is 2.16. The van der Waals surface area contributed by atoms with E-state index in [9.17, 15) is 9.59 Å². The fourth-order valence-corrected chi connectivity index (χ4v) is 5.07. The van der Waals surface area contributed by atoms with Crippen LogP contribution in [0.2, 0.25) is 0 Å². The molecule has 1 aromatic carbocycles. The van der Waals surface area contributed by atoms with Gasteiger partial charge in [0.25, 0.3) is 5.91 Å². The van der Waals surface area contributed by atoms with Crippen LogP contribution in [0.15, 0.2) is 24.3 Å². The normalized spacial score (nSPS) is 16.6. The van der Waals surface area contributed by atoms with Crippen LogP contribution in [-0.2, 0) is 9.59 Å². The van der Waals surface area contributed by atoms with E-state index in [1.807, 2.05) is 47.8 Å². The van der Waals surface area contributed by atoms with Crippen LogP contribution < -0.4 is 10.1 Å². The van der Waals surface area contributed by atoms with Crippen molar-refractivity contribution in [3.05, 3.63) is 29.8 Å². The molecule has 23 heavy (non-hydrogen) atoms. The summed E-state index contributed by atoms with van der Waals surface area (Å²) in [5.41, 5.74) is 1.27. The number of carboxylic acids is 1. The lowest BCUT2D eigenvalue weighted by atomic mass is 10.2. The topological polar surface area (TPSA) is 75.6 Å². The molecule has 1 saturated heterocycles. The Bertz CT molecular complexity index is 529. The van der Waals surface area contributed by atoms with Crippen molar-refractivity contribution in [3.8, 4) is 5.75 Å². The summed E-state index contributed by atoms with van der Waals surface area (Å²) in [6.45, 7) is 1.54. The summed E-state index contributed by atoms with van der Waals surface area (Å²) in [4.78, 5) is 22.2. The molecule has 1 fully saturated rings. The van der Waals surface area contributed by atoms with Gasteiger partial charge in [-0.15, -0.1) is 23.5 Å². The number of carboxylic acid groups (broad SMARTS) is 1. The number of hydrogen-bond acceptors (Lipinski definition) is 5. The standard InChI is InChI=1S/C16H21NO4S2/c1-11(9-15(19)20)17-14(18)10-21-13-5-3-12(4-6-13)16-22-7-2-8-23-16/h3-6,11,16H,2,7-10H2,1H3,(H,17,18)(H,19,20). The number of carbonyl (C=O) groups excluding carboxylic acids is 1. The van der Waals surface area contributed by atoms with Gasteiger partial charge in [0.05, 0.1) is 11.0 Å². The lowest BCUT2D eigenvalue weighted by Gasteiger charge is -2.21. The Balaban J connectivity index is 1.77. The van der Waals surface area contributed by atoms with Gasteiger partial charge in [-0.25, -0.2) is 0 Å². The summed E-state index contributed by atoms with van der Waals surface area (Å²) in [5.74, 6) is 1.78. The molecule has 1 aromatic rings. The molecule has 0 bridgehead atoms. The molecule has 2 rings (SSSR count). The summed E-state index contributed by atoms with van der Waals surface area (Å²) in [6.07, 6.45) is 1.17. The van der Waals surface area contributed by atoms with E-state index in [1.165, 1.54) is 23.5 Å². The van der Waals surface area contributed by atoms with E-state index in [-0.39, 0.29) is 18.9 Å². The molecule has 0 aromatic heterocycles. The fourth-order valence-electron chi connectivity index (χ4n) is 2.18. The first-order chi connectivity index (χ1) is 11.0. The predicted molar refractivity (Wildman–Crippen MR) is 94.1 cm³/mol. The molecule has 1 heterocycles. The van der Waals surface area contributed by atoms with Crippen molar-refractivity contribution in [1.82, 2.24) is 5.32 Å². The second-order valence-electron chi connectivity index (χ2n) is 5.35. The lowest BCUT2D eigenvalue weighted by molar-refractivity contribution is -0.137. The molecule has 1 unspecified atom stereocenters. The van der Waals surface area contributed by atoms with Crippen molar-refractivity contribution in [3.63, 3.8) is 0 Å². The third-order valence-corrected chi connectivity index (χ3v) is 6.25. The van der Waals surface area contributed by atoms with Crippen LogP contribution in [0.1, 0.15) is 29.9 Å². The van der Waals surface area contributed by atoms with E-state index in [0.29, 0.717) is 10.3 Å². The number of hydrogen-bond donors (Lipinski definition) is 2. The Hall–Kier alpha value is -1.34. The number of rotatable bonds is 7. The van der Waals surface area contributed by atoms with Gasteiger partial charge in [-0.3, -0.25) is 9.59 Å². The molecule has 0 saturated carbocycles. The largest absolute Gasteiger partial charge is 0.484 e. The van der Waals surface area contributed by atoms with Crippen LogP contribution in [0.4, 0.5) is 0 Å². The maximum atomic E-state index is 11.7. The first kappa shape index (κ1) is 18.0. The van der Waals surface area contributed by atoms with Crippen LogP contribution in [0, 0.1) is 0 Å². The zero-order valence-electron chi connectivity index (χ0n) is 13.0. The first-order valence-electron chi connectivity index (χ1n) is 7.51. The van der Waals surface area contributed by atoms with E-state index in [1.54, 1.807) is 6.92 Å². The zero-order chi connectivity index (χ0) is 16.7. The van der Waals surface area contributed by atoms with Gasteiger partial charge < -0.3 is 15.2 Å². The lowest BCUT2D eigenvalue weighted by Crippen LogP contribution is -2.37.